The maximum absolute atomic E-state index is 8.95. The standard InChI is InChI=1S/C14H21N3S/c1-4-14(5-2,18-3)10-17-12-8-6-7-11(9-15)13(12)16/h6-8,17H,4-5,10,16H2,1-3H3. The van der Waals surface area contributed by atoms with Crippen molar-refractivity contribution in [2.45, 2.75) is 31.4 Å². The highest BCUT2D eigenvalue weighted by molar-refractivity contribution is 8.00. The van der Waals surface area contributed by atoms with E-state index in [-0.39, 0.29) is 4.75 Å². The van der Waals surface area contributed by atoms with Gasteiger partial charge in [-0.2, -0.15) is 17.0 Å². The molecule has 0 fully saturated rings. The maximum atomic E-state index is 8.95. The SMILES string of the molecule is CCC(CC)(CNc1cccc(C#N)c1N)SC. The molecule has 0 radical (unpaired) electrons. The highest BCUT2D eigenvalue weighted by Crippen LogP contribution is 2.32. The first-order valence-corrected chi connectivity index (χ1v) is 7.42. The summed E-state index contributed by atoms with van der Waals surface area (Å²) in [6.45, 7) is 5.27. The van der Waals surface area contributed by atoms with Crippen molar-refractivity contribution in [3.8, 4) is 6.07 Å². The third kappa shape index (κ3) is 3.11. The van der Waals surface area contributed by atoms with Crippen LogP contribution in [0.25, 0.3) is 0 Å². The van der Waals surface area contributed by atoms with Crippen molar-refractivity contribution in [3.05, 3.63) is 23.8 Å². The molecule has 0 atom stereocenters. The Kier molecular flexibility index (Phi) is 5.36. The van der Waals surface area contributed by atoms with E-state index in [1.807, 2.05) is 23.9 Å². The van der Waals surface area contributed by atoms with Gasteiger partial charge in [-0.05, 0) is 31.2 Å². The summed E-state index contributed by atoms with van der Waals surface area (Å²) in [5.74, 6) is 0. The number of hydrogen-bond donors (Lipinski definition) is 2. The molecule has 0 saturated carbocycles. The van der Waals surface area contributed by atoms with E-state index in [4.69, 9.17) is 11.0 Å². The fourth-order valence-electron chi connectivity index (χ4n) is 1.93. The first kappa shape index (κ1) is 14.7. The second-order valence-electron chi connectivity index (χ2n) is 4.33. The number of nitrogens with two attached hydrogens (primary N) is 1. The van der Waals surface area contributed by atoms with Crippen molar-refractivity contribution in [2.24, 2.45) is 0 Å². The van der Waals surface area contributed by atoms with Crippen LogP contribution in [0.1, 0.15) is 32.3 Å². The Morgan fingerprint density at radius 1 is 1.39 bits per heavy atom. The van der Waals surface area contributed by atoms with Gasteiger partial charge in [0.15, 0.2) is 0 Å². The van der Waals surface area contributed by atoms with Gasteiger partial charge in [-0.25, -0.2) is 0 Å². The quantitative estimate of drug-likeness (QED) is 0.771. The Morgan fingerprint density at radius 2 is 2.06 bits per heavy atom. The van der Waals surface area contributed by atoms with Crippen molar-refractivity contribution < 1.29 is 0 Å². The summed E-state index contributed by atoms with van der Waals surface area (Å²) in [5, 5.41) is 12.3. The van der Waals surface area contributed by atoms with Gasteiger partial charge in [0.25, 0.3) is 0 Å². The van der Waals surface area contributed by atoms with Gasteiger partial charge >= 0.3 is 0 Å². The van der Waals surface area contributed by atoms with Gasteiger partial charge in [-0.3, -0.25) is 0 Å². The van der Waals surface area contributed by atoms with Gasteiger partial charge in [-0.1, -0.05) is 19.9 Å². The molecule has 0 spiro atoms. The Morgan fingerprint density at radius 3 is 2.56 bits per heavy atom. The summed E-state index contributed by atoms with van der Waals surface area (Å²) < 4.78 is 0.231. The first-order chi connectivity index (χ1) is 8.62. The summed E-state index contributed by atoms with van der Waals surface area (Å²) in [5.41, 5.74) is 7.89. The topological polar surface area (TPSA) is 61.8 Å². The molecule has 18 heavy (non-hydrogen) atoms. The van der Waals surface area contributed by atoms with Crippen LogP contribution in [0.2, 0.25) is 0 Å². The lowest BCUT2D eigenvalue weighted by atomic mass is 10.0. The van der Waals surface area contributed by atoms with Crippen LogP contribution < -0.4 is 11.1 Å². The zero-order valence-electron chi connectivity index (χ0n) is 11.3. The van der Waals surface area contributed by atoms with E-state index in [1.54, 1.807) is 6.07 Å². The summed E-state index contributed by atoms with van der Waals surface area (Å²) in [7, 11) is 0. The second kappa shape index (κ2) is 6.55. The molecule has 0 aromatic heterocycles. The Bertz CT molecular complexity index is 425. The highest BCUT2D eigenvalue weighted by atomic mass is 32.2. The Hall–Kier alpha value is -1.34. The largest absolute Gasteiger partial charge is 0.396 e. The van der Waals surface area contributed by atoms with Crippen molar-refractivity contribution in [2.75, 3.05) is 23.9 Å². The molecular formula is C14H21N3S. The van der Waals surface area contributed by atoms with E-state index in [2.05, 4.69) is 31.5 Å². The van der Waals surface area contributed by atoms with Gasteiger partial charge < -0.3 is 11.1 Å². The van der Waals surface area contributed by atoms with Crippen LogP contribution in [0.15, 0.2) is 18.2 Å². The number of benzene rings is 1. The van der Waals surface area contributed by atoms with Crippen LogP contribution in [0.3, 0.4) is 0 Å². The normalized spacial score (nSPS) is 11.0. The highest BCUT2D eigenvalue weighted by Gasteiger charge is 2.24. The van der Waals surface area contributed by atoms with Crippen LogP contribution in [0, 0.1) is 11.3 Å². The average Bonchev–Trinajstić information content (AvgIpc) is 2.42. The van der Waals surface area contributed by atoms with Crippen molar-refractivity contribution in [1.82, 2.24) is 0 Å². The van der Waals surface area contributed by atoms with Crippen molar-refractivity contribution in [3.63, 3.8) is 0 Å². The molecule has 0 aliphatic heterocycles. The zero-order chi connectivity index (χ0) is 13.6. The van der Waals surface area contributed by atoms with E-state index < -0.39 is 0 Å². The molecule has 0 unspecified atom stereocenters. The lowest BCUT2D eigenvalue weighted by Gasteiger charge is -2.30. The summed E-state index contributed by atoms with van der Waals surface area (Å²) in [6, 6.07) is 7.62. The first-order valence-electron chi connectivity index (χ1n) is 6.20. The number of thioether (sulfide) groups is 1. The number of anilines is 2. The minimum atomic E-state index is 0.231. The van der Waals surface area contributed by atoms with Gasteiger partial charge in [0.05, 0.1) is 16.9 Å². The number of nitrogen functional groups attached to an aromatic ring is 1. The van der Waals surface area contributed by atoms with Crippen LogP contribution >= 0.6 is 11.8 Å². The monoisotopic (exact) mass is 263 g/mol. The molecule has 98 valence electrons. The number of nitriles is 1. The van der Waals surface area contributed by atoms with Crippen LogP contribution in [0.5, 0.6) is 0 Å². The molecule has 0 aliphatic rings. The van der Waals surface area contributed by atoms with E-state index in [9.17, 15) is 0 Å². The van der Waals surface area contributed by atoms with Crippen LogP contribution in [-0.4, -0.2) is 17.5 Å². The molecule has 0 saturated heterocycles. The molecule has 4 heteroatoms. The fraction of sp³-hybridized carbons (Fsp3) is 0.500. The zero-order valence-corrected chi connectivity index (χ0v) is 12.1. The third-order valence-electron chi connectivity index (χ3n) is 3.55. The smallest absolute Gasteiger partial charge is 0.101 e. The number of para-hydroxylation sites is 1. The number of nitrogens with one attached hydrogen (secondary N) is 1. The lowest BCUT2D eigenvalue weighted by molar-refractivity contribution is 0.575. The number of rotatable bonds is 6. The van der Waals surface area contributed by atoms with Gasteiger partial charge in [0.1, 0.15) is 6.07 Å². The predicted octanol–water partition coefficient (Wildman–Crippen LogP) is 3.47. The van der Waals surface area contributed by atoms with Crippen molar-refractivity contribution in [1.29, 1.82) is 5.26 Å². The minimum Gasteiger partial charge on any atom is -0.396 e. The lowest BCUT2D eigenvalue weighted by Crippen LogP contribution is -2.32. The molecule has 0 aliphatic carbocycles. The maximum Gasteiger partial charge on any atom is 0.101 e. The summed E-state index contributed by atoms with van der Waals surface area (Å²) >= 11 is 1.88. The molecule has 1 rings (SSSR count). The molecule has 3 N–H and O–H groups in total. The molecule has 1 aromatic rings. The molecular weight excluding hydrogens is 242 g/mol. The number of hydrogen-bond acceptors (Lipinski definition) is 4. The van der Waals surface area contributed by atoms with Crippen LogP contribution in [0.4, 0.5) is 11.4 Å². The van der Waals surface area contributed by atoms with E-state index in [0.29, 0.717) is 11.3 Å². The van der Waals surface area contributed by atoms with E-state index >= 15 is 0 Å². The molecule has 0 bridgehead atoms. The fourth-order valence-corrected chi connectivity index (χ4v) is 2.73. The van der Waals surface area contributed by atoms with E-state index in [1.165, 1.54) is 0 Å². The Balaban J connectivity index is 2.84. The number of nitrogens with zero attached hydrogens (tertiary/aromatic N) is 1. The van der Waals surface area contributed by atoms with Gasteiger partial charge in [-0.15, -0.1) is 0 Å². The second-order valence-corrected chi connectivity index (χ2v) is 5.60. The Labute approximate surface area is 114 Å². The molecule has 0 heterocycles. The molecule has 1 aromatic carbocycles. The van der Waals surface area contributed by atoms with Crippen LogP contribution in [-0.2, 0) is 0 Å². The van der Waals surface area contributed by atoms with Gasteiger partial charge in [0, 0.05) is 11.3 Å². The summed E-state index contributed by atoms with van der Waals surface area (Å²) in [4.78, 5) is 0. The third-order valence-corrected chi connectivity index (χ3v) is 5.14. The van der Waals surface area contributed by atoms with E-state index in [0.717, 1.165) is 25.1 Å². The summed E-state index contributed by atoms with van der Waals surface area (Å²) in [6.07, 6.45) is 4.36. The minimum absolute atomic E-state index is 0.231. The van der Waals surface area contributed by atoms with Gasteiger partial charge in [0.2, 0.25) is 0 Å². The van der Waals surface area contributed by atoms with Crippen molar-refractivity contribution >= 4 is 23.1 Å². The predicted molar refractivity (Wildman–Crippen MR) is 80.9 cm³/mol. The molecule has 3 nitrogen and oxygen atoms in total. The average molecular weight is 263 g/mol. The molecule has 0 amide bonds.